The van der Waals surface area contributed by atoms with E-state index in [2.05, 4.69) is 93.6 Å². The predicted octanol–water partition coefficient (Wildman–Crippen LogP) is 8.99. The van der Waals surface area contributed by atoms with E-state index in [9.17, 15) is 9.59 Å². The summed E-state index contributed by atoms with van der Waals surface area (Å²) in [6, 6.07) is 0. The molecule has 5 rings (SSSR count). The van der Waals surface area contributed by atoms with Crippen molar-refractivity contribution in [3.05, 3.63) is 11.1 Å². The van der Waals surface area contributed by atoms with Gasteiger partial charge in [-0.1, -0.05) is 99.2 Å². The highest BCUT2D eigenvalue weighted by Gasteiger charge is 2.76. The molecule has 11 atom stereocenters. The Morgan fingerprint density at radius 2 is 1.74 bits per heavy atom. The lowest BCUT2D eigenvalue weighted by atomic mass is 9.30. The van der Waals surface area contributed by atoms with Crippen LogP contribution in [0.5, 0.6) is 0 Å². The maximum Gasteiger partial charge on any atom is 0.302 e. The van der Waals surface area contributed by atoms with E-state index in [4.69, 9.17) is 4.74 Å². The zero-order valence-corrected chi connectivity index (χ0v) is 29.3. The maximum absolute atomic E-state index is 14.3. The summed E-state index contributed by atoms with van der Waals surface area (Å²) in [5, 5.41) is 0. The minimum atomic E-state index is -0.140. The first-order valence-corrected chi connectivity index (χ1v) is 18.2. The second-order valence-electron chi connectivity index (χ2n) is 15.4. The largest absolute Gasteiger partial charge is 0.463 e. The Kier molecular flexibility index (Phi) is 7.60. The Morgan fingerprint density at radius 3 is 2.34 bits per heavy atom. The number of allylic oxidation sites excluding steroid dienone is 2. The molecule has 1 unspecified atom stereocenters. The molecule has 0 saturated heterocycles. The molecule has 5 heteroatoms. The molecule has 0 aromatic heterocycles. The van der Waals surface area contributed by atoms with Gasteiger partial charge in [0.05, 0.1) is 0 Å². The molecule has 38 heavy (non-hydrogen) atoms. The summed E-state index contributed by atoms with van der Waals surface area (Å²) in [4.78, 5) is 26.1. The summed E-state index contributed by atoms with van der Waals surface area (Å²) in [5.41, 5.74) is 3.55. The molecule has 0 aromatic rings. The first-order chi connectivity index (χ1) is 17.6. The molecule has 0 heterocycles. The van der Waals surface area contributed by atoms with Gasteiger partial charge in [0.1, 0.15) is 6.10 Å². The molecule has 0 amide bonds. The molecule has 0 radical (unpaired) electrons. The van der Waals surface area contributed by atoms with Gasteiger partial charge in [0, 0.05) is 21.7 Å². The lowest BCUT2D eigenvalue weighted by Crippen LogP contribution is -2.67. The van der Waals surface area contributed by atoms with Crippen molar-refractivity contribution in [2.24, 2.45) is 56.7 Å². The molecule has 0 aromatic carbocycles. The van der Waals surface area contributed by atoms with E-state index in [1.54, 1.807) is 12.5 Å². The second kappa shape index (κ2) is 9.69. The zero-order valence-electron chi connectivity index (χ0n) is 25.0. The van der Waals surface area contributed by atoms with E-state index in [0.29, 0.717) is 29.5 Å². The molecule has 5 aliphatic rings. The Balaban J connectivity index is 1.69. The van der Waals surface area contributed by atoms with Crippen molar-refractivity contribution in [2.75, 3.05) is 8.86 Å². The smallest absolute Gasteiger partial charge is 0.302 e. The molecule has 0 N–H and O–H groups in total. The van der Waals surface area contributed by atoms with Gasteiger partial charge in [-0.25, -0.2) is 0 Å². The molecule has 0 spiro atoms. The summed E-state index contributed by atoms with van der Waals surface area (Å²) < 4.78 is 8.07. The van der Waals surface area contributed by atoms with Crippen LogP contribution in [0.2, 0.25) is 0 Å². The molecule has 0 aliphatic heterocycles. The maximum atomic E-state index is 14.3. The molecule has 4 fully saturated rings. The van der Waals surface area contributed by atoms with E-state index in [1.165, 1.54) is 24.8 Å². The summed E-state index contributed by atoms with van der Waals surface area (Å²) in [6.07, 6.45) is 8.87. The van der Waals surface area contributed by atoms with Crippen molar-refractivity contribution in [1.29, 1.82) is 0 Å². The molecular formula is C33H50I2O3. The number of fused-ring (bicyclic) bond motifs is 4. The van der Waals surface area contributed by atoms with Crippen LogP contribution < -0.4 is 0 Å². The van der Waals surface area contributed by atoms with Crippen LogP contribution in [-0.4, -0.2) is 26.7 Å². The van der Waals surface area contributed by atoms with Crippen LogP contribution in [0.4, 0.5) is 0 Å². The van der Waals surface area contributed by atoms with E-state index < -0.39 is 0 Å². The fraction of sp³-hybridized carbons (Fsp3) is 0.879. The van der Waals surface area contributed by atoms with Crippen LogP contribution in [0, 0.1) is 56.7 Å². The number of halogens is 2. The van der Waals surface area contributed by atoms with E-state index in [0.717, 1.165) is 41.0 Å². The summed E-state index contributed by atoms with van der Waals surface area (Å²) in [7, 11) is 0. The molecule has 5 aliphatic carbocycles. The minimum absolute atomic E-state index is 0.0471. The van der Waals surface area contributed by atoms with Crippen LogP contribution in [-0.2, 0) is 14.3 Å². The average molecular weight is 749 g/mol. The molecule has 4 saturated carbocycles. The number of rotatable bonds is 5. The Hall–Kier alpha value is 0.340. The van der Waals surface area contributed by atoms with Crippen molar-refractivity contribution in [3.63, 3.8) is 0 Å². The monoisotopic (exact) mass is 748 g/mol. The van der Waals surface area contributed by atoms with Gasteiger partial charge in [-0.05, 0) is 108 Å². The summed E-state index contributed by atoms with van der Waals surface area (Å²) in [5.74, 6) is 2.74. The van der Waals surface area contributed by atoms with Crippen LogP contribution in [0.25, 0.3) is 0 Å². The third-order valence-corrected chi connectivity index (χ3v) is 16.6. The molecular weight excluding hydrogens is 698 g/mol. The molecule has 3 nitrogen and oxygen atoms in total. The Bertz CT molecular complexity index is 1050. The highest BCUT2D eigenvalue weighted by atomic mass is 127. The van der Waals surface area contributed by atoms with Gasteiger partial charge in [-0.15, -0.1) is 0 Å². The van der Waals surface area contributed by atoms with Gasteiger partial charge < -0.3 is 4.74 Å². The SMILES string of the molecule is CC(=O)O[C@H]1CC[C@@]2(C)[C@@](C)(CC[C@@H]3[C@]2(C)CC2=C(C[C@@H](C)CI)C(=O)C(C)[C@H]4[C@H](CI)C[C@]3(C)[C@]24C)C1. The van der Waals surface area contributed by atoms with Crippen molar-refractivity contribution < 1.29 is 14.3 Å². The van der Waals surface area contributed by atoms with Crippen molar-refractivity contribution in [3.8, 4) is 0 Å². The Morgan fingerprint density at radius 1 is 1.05 bits per heavy atom. The van der Waals surface area contributed by atoms with Gasteiger partial charge in [-0.2, -0.15) is 0 Å². The van der Waals surface area contributed by atoms with Crippen molar-refractivity contribution in [2.45, 2.75) is 113 Å². The number of hydrogen-bond donors (Lipinski definition) is 0. The lowest BCUT2D eigenvalue weighted by molar-refractivity contribution is -0.233. The normalized spacial score (nSPS) is 50.7. The summed E-state index contributed by atoms with van der Waals surface area (Å²) in [6.45, 7) is 19.2. The van der Waals surface area contributed by atoms with E-state index >= 15 is 0 Å². The minimum Gasteiger partial charge on any atom is -0.463 e. The van der Waals surface area contributed by atoms with Gasteiger partial charge in [0.15, 0.2) is 5.78 Å². The first-order valence-electron chi connectivity index (χ1n) is 15.2. The topological polar surface area (TPSA) is 43.4 Å². The molecule has 0 bridgehead atoms. The predicted molar refractivity (Wildman–Crippen MR) is 172 cm³/mol. The first kappa shape index (κ1) is 29.8. The third kappa shape index (κ3) is 3.73. The zero-order chi connectivity index (χ0) is 28.1. The van der Waals surface area contributed by atoms with Gasteiger partial charge in [0.25, 0.3) is 0 Å². The van der Waals surface area contributed by atoms with Crippen molar-refractivity contribution in [1.82, 2.24) is 0 Å². The number of ketones is 1. The van der Waals surface area contributed by atoms with Crippen LogP contribution in [0.1, 0.15) is 107 Å². The van der Waals surface area contributed by atoms with Gasteiger partial charge in [0.2, 0.25) is 0 Å². The number of ether oxygens (including phenoxy) is 1. The van der Waals surface area contributed by atoms with E-state index in [-0.39, 0.29) is 45.1 Å². The van der Waals surface area contributed by atoms with E-state index in [1.807, 2.05) is 0 Å². The summed E-state index contributed by atoms with van der Waals surface area (Å²) >= 11 is 5.13. The van der Waals surface area contributed by atoms with Crippen LogP contribution >= 0.6 is 45.2 Å². The number of Topliss-reactive ketones (excluding diaryl/α,β-unsaturated/α-hetero) is 1. The lowest BCUT2D eigenvalue weighted by Gasteiger charge is -2.74. The number of carbonyl (C=O) groups is 2. The molecule has 214 valence electrons. The Labute approximate surface area is 259 Å². The average Bonchev–Trinajstić information content (AvgIpc) is 3.09. The second-order valence-corrected chi connectivity index (χ2v) is 17.2. The quantitative estimate of drug-likeness (QED) is 0.160. The number of carbonyl (C=O) groups excluding carboxylic acids is 2. The third-order valence-electron chi connectivity index (χ3n) is 13.9. The number of esters is 1. The number of alkyl halides is 2. The van der Waals surface area contributed by atoms with Crippen LogP contribution in [0.3, 0.4) is 0 Å². The van der Waals surface area contributed by atoms with Gasteiger partial charge in [-0.3, -0.25) is 9.59 Å². The fourth-order valence-electron chi connectivity index (χ4n) is 11.8. The standard InChI is InChI=1S/C33H50I2O3/c1-19(17-34)13-24-25-16-30(5)26(10-11-29(4)15-23(38-21(3)36)9-12-32(29,30)7)31(6)14-22(18-35)27(33(25,31)8)20(2)28(24)37/h19-20,22-23,26-27H,9-18H2,1-8H3/t19-,20?,22+,23+,26-,27+,29+,30+,31+,32+,33-/m1/s1. The number of hydrogen-bond acceptors (Lipinski definition) is 3. The highest BCUT2D eigenvalue weighted by Crippen LogP contribution is 2.82. The van der Waals surface area contributed by atoms with Crippen LogP contribution in [0.15, 0.2) is 11.1 Å². The highest BCUT2D eigenvalue weighted by molar-refractivity contribution is 14.1. The van der Waals surface area contributed by atoms with Crippen molar-refractivity contribution >= 4 is 56.9 Å². The fourth-order valence-corrected chi connectivity index (χ4v) is 13.0. The van der Waals surface area contributed by atoms with Gasteiger partial charge >= 0.3 is 5.97 Å².